The van der Waals surface area contributed by atoms with E-state index < -0.39 is 49.4 Å². The Hall–Kier alpha value is -5.95. The van der Waals surface area contributed by atoms with Crippen molar-refractivity contribution < 1.29 is 19.6 Å². The van der Waals surface area contributed by atoms with Crippen molar-refractivity contribution in [3.63, 3.8) is 0 Å². The predicted molar refractivity (Wildman–Crippen MR) is 131 cm³/mol. The third-order valence-corrected chi connectivity index (χ3v) is 6.00. The molecule has 1 aliphatic carbocycles. The number of nitrogens with one attached hydrogen (secondary N) is 1. The van der Waals surface area contributed by atoms with E-state index in [2.05, 4.69) is 5.32 Å². The van der Waals surface area contributed by atoms with Gasteiger partial charge in [-0.2, -0.15) is 10.5 Å². The lowest BCUT2D eigenvalue weighted by Gasteiger charge is -2.16. The van der Waals surface area contributed by atoms with Crippen LogP contribution in [0.25, 0.3) is 16.7 Å². The first-order chi connectivity index (χ1) is 18.1. The first-order valence-corrected chi connectivity index (χ1v) is 10.8. The molecule has 0 fully saturated rings. The zero-order valence-electron chi connectivity index (χ0n) is 19.4. The Morgan fingerprint density at radius 1 is 0.842 bits per heavy atom. The second-order valence-electron chi connectivity index (χ2n) is 8.15. The van der Waals surface area contributed by atoms with Gasteiger partial charge in [-0.3, -0.25) is 35.1 Å². The molecule has 186 valence electrons. The van der Waals surface area contributed by atoms with Gasteiger partial charge in [-0.25, -0.2) is 0 Å². The summed E-state index contributed by atoms with van der Waals surface area (Å²) < 4.78 is 0. The van der Waals surface area contributed by atoms with Gasteiger partial charge in [0.05, 0.1) is 38.0 Å². The Morgan fingerprint density at radius 3 is 1.92 bits per heavy atom. The van der Waals surface area contributed by atoms with Crippen LogP contribution in [0.2, 0.25) is 0 Å². The SMILES string of the molecule is C[C@H](NC(=O)c1cc([N+](=O)[O-])cc2c1-c1c(cc([N+](=O)[O-])cc1[N+](=O)[O-])C2=C(C#N)C#N)c1ccccc1. The minimum absolute atomic E-state index is 0.150. The summed E-state index contributed by atoms with van der Waals surface area (Å²) in [6.45, 7) is 1.67. The van der Waals surface area contributed by atoms with Gasteiger partial charge in [-0.15, -0.1) is 0 Å². The number of nitriles is 2. The van der Waals surface area contributed by atoms with Gasteiger partial charge in [0.1, 0.15) is 17.7 Å². The number of nitro benzene ring substituents is 3. The van der Waals surface area contributed by atoms with Gasteiger partial charge < -0.3 is 5.32 Å². The smallest absolute Gasteiger partial charge is 0.284 e. The third-order valence-electron chi connectivity index (χ3n) is 6.00. The van der Waals surface area contributed by atoms with Crippen molar-refractivity contribution in [1.29, 1.82) is 10.5 Å². The van der Waals surface area contributed by atoms with Crippen LogP contribution in [0.3, 0.4) is 0 Å². The van der Waals surface area contributed by atoms with Gasteiger partial charge in [0.15, 0.2) is 0 Å². The molecule has 4 rings (SSSR count). The van der Waals surface area contributed by atoms with Crippen molar-refractivity contribution in [2.24, 2.45) is 0 Å². The van der Waals surface area contributed by atoms with Crippen molar-refractivity contribution in [2.75, 3.05) is 0 Å². The lowest BCUT2D eigenvalue weighted by atomic mass is 9.95. The molecule has 3 aromatic carbocycles. The number of carbonyl (C=O) groups excluding carboxylic acids is 1. The van der Waals surface area contributed by atoms with E-state index >= 15 is 0 Å². The van der Waals surface area contributed by atoms with Gasteiger partial charge in [0.25, 0.3) is 23.0 Å². The fourth-order valence-electron chi connectivity index (χ4n) is 4.35. The fourth-order valence-corrected chi connectivity index (χ4v) is 4.35. The topological polar surface area (TPSA) is 206 Å². The van der Waals surface area contributed by atoms with Gasteiger partial charge >= 0.3 is 0 Å². The van der Waals surface area contributed by atoms with Crippen LogP contribution in [-0.2, 0) is 0 Å². The van der Waals surface area contributed by atoms with Crippen LogP contribution in [-0.4, -0.2) is 20.7 Å². The maximum Gasteiger partial charge on any atom is 0.284 e. The molecule has 0 unspecified atom stereocenters. The number of nitro groups is 3. The maximum atomic E-state index is 13.5. The molecule has 0 spiro atoms. The molecule has 0 saturated heterocycles. The number of carbonyl (C=O) groups is 1. The fraction of sp³-hybridized carbons (Fsp3) is 0.0800. The number of hydrogen-bond donors (Lipinski definition) is 1. The first-order valence-electron chi connectivity index (χ1n) is 10.8. The zero-order chi connectivity index (χ0) is 27.7. The van der Waals surface area contributed by atoms with Crippen LogP contribution in [0, 0.1) is 53.0 Å². The summed E-state index contributed by atoms with van der Waals surface area (Å²) in [5, 5.41) is 57.2. The Kier molecular flexibility index (Phi) is 6.35. The van der Waals surface area contributed by atoms with Crippen LogP contribution >= 0.6 is 0 Å². The third kappa shape index (κ3) is 4.16. The highest BCUT2D eigenvalue weighted by Gasteiger charge is 2.39. The van der Waals surface area contributed by atoms with Crippen LogP contribution in [0.15, 0.2) is 60.2 Å². The molecule has 1 atom stereocenters. The van der Waals surface area contributed by atoms with E-state index in [1.165, 1.54) is 0 Å². The highest BCUT2D eigenvalue weighted by molar-refractivity contribution is 6.14. The van der Waals surface area contributed by atoms with Crippen LogP contribution in [0.4, 0.5) is 17.1 Å². The van der Waals surface area contributed by atoms with E-state index in [1.54, 1.807) is 49.4 Å². The molecule has 1 amide bonds. The van der Waals surface area contributed by atoms with E-state index in [9.17, 15) is 45.7 Å². The minimum atomic E-state index is -0.896. The summed E-state index contributed by atoms with van der Waals surface area (Å²) in [4.78, 5) is 46.2. The number of benzene rings is 3. The second kappa shape index (κ2) is 9.60. The molecular formula is C25H14N6O7. The number of non-ortho nitro benzene ring substituents is 2. The number of nitrogens with zero attached hydrogens (tertiary/aromatic N) is 5. The normalized spacial score (nSPS) is 11.8. The Bertz CT molecular complexity index is 1670. The van der Waals surface area contributed by atoms with Gasteiger partial charge in [-0.1, -0.05) is 30.3 Å². The van der Waals surface area contributed by atoms with Crippen LogP contribution in [0.5, 0.6) is 0 Å². The zero-order valence-corrected chi connectivity index (χ0v) is 19.4. The van der Waals surface area contributed by atoms with E-state index in [4.69, 9.17) is 0 Å². The van der Waals surface area contributed by atoms with Gasteiger partial charge in [0, 0.05) is 40.5 Å². The highest BCUT2D eigenvalue weighted by atomic mass is 16.6. The Balaban J connectivity index is 2.09. The summed E-state index contributed by atoms with van der Waals surface area (Å²) in [6, 6.07) is 15.0. The maximum absolute atomic E-state index is 13.5. The van der Waals surface area contributed by atoms with Crippen molar-refractivity contribution in [3.8, 4) is 23.3 Å². The van der Waals surface area contributed by atoms with Crippen LogP contribution in [0.1, 0.15) is 40.0 Å². The molecular weight excluding hydrogens is 496 g/mol. The molecule has 0 aromatic heterocycles. The molecule has 0 heterocycles. The van der Waals surface area contributed by atoms with Crippen LogP contribution < -0.4 is 5.32 Å². The quantitative estimate of drug-likeness (QED) is 0.216. The Morgan fingerprint density at radius 2 is 1.39 bits per heavy atom. The van der Waals surface area contributed by atoms with Gasteiger partial charge in [0.2, 0.25) is 0 Å². The molecule has 0 bridgehead atoms. The molecule has 0 aliphatic heterocycles. The number of fused-ring (bicyclic) bond motifs is 3. The predicted octanol–water partition coefficient (Wildman–Crippen LogP) is 4.73. The molecule has 1 aliphatic rings. The van der Waals surface area contributed by atoms with Crippen molar-refractivity contribution in [2.45, 2.75) is 13.0 Å². The lowest BCUT2D eigenvalue weighted by molar-refractivity contribution is -0.393. The summed E-state index contributed by atoms with van der Waals surface area (Å²) in [5.41, 5.74) is -3.36. The molecule has 13 heteroatoms. The van der Waals surface area contributed by atoms with E-state index in [-0.39, 0.29) is 33.4 Å². The molecule has 0 saturated carbocycles. The van der Waals surface area contributed by atoms with Crippen molar-refractivity contribution >= 4 is 28.5 Å². The summed E-state index contributed by atoms with van der Waals surface area (Å²) >= 11 is 0. The number of hydrogen-bond acceptors (Lipinski definition) is 9. The molecule has 38 heavy (non-hydrogen) atoms. The summed E-state index contributed by atoms with van der Waals surface area (Å²) in [6.07, 6.45) is 0. The number of allylic oxidation sites excluding steroid dienone is 1. The van der Waals surface area contributed by atoms with E-state index in [0.29, 0.717) is 11.6 Å². The van der Waals surface area contributed by atoms with E-state index in [0.717, 1.165) is 18.2 Å². The number of amides is 1. The second-order valence-corrected chi connectivity index (χ2v) is 8.15. The highest BCUT2D eigenvalue weighted by Crippen LogP contribution is 2.53. The van der Waals surface area contributed by atoms with Crippen molar-refractivity contribution in [1.82, 2.24) is 5.32 Å². The number of rotatable bonds is 6. The average molecular weight is 510 g/mol. The van der Waals surface area contributed by atoms with Crippen molar-refractivity contribution in [3.05, 3.63) is 113 Å². The monoisotopic (exact) mass is 510 g/mol. The van der Waals surface area contributed by atoms with Gasteiger partial charge in [-0.05, 0) is 12.5 Å². The average Bonchev–Trinajstić information content (AvgIpc) is 3.22. The molecule has 0 radical (unpaired) electrons. The minimum Gasteiger partial charge on any atom is -0.345 e. The molecule has 1 N–H and O–H groups in total. The standard InChI is InChI=1S/C25H14N6O7/c1-13(14-5-3-2-4-6-14)28-25(32)20-9-16(29(33)34)7-18-22(15(11-26)12-27)19-8-17(30(35)36)10-21(31(37)38)24(19)23(18)20/h2-10,13H,1H3,(H,28,32)/t13-/m0/s1. The summed E-state index contributed by atoms with van der Waals surface area (Å²) in [5.74, 6) is -0.823. The first kappa shape index (κ1) is 25.2. The molecule has 3 aromatic rings. The molecule has 13 nitrogen and oxygen atoms in total. The Labute approximate surface area is 213 Å². The lowest BCUT2D eigenvalue weighted by Crippen LogP contribution is -2.27. The van der Waals surface area contributed by atoms with E-state index in [1.807, 2.05) is 0 Å². The summed E-state index contributed by atoms with van der Waals surface area (Å²) in [7, 11) is 0. The largest absolute Gasteiger partial charge is 0.345 e.